The van der Waals surface area contributed by atoms with E-state index in [2.05, 4.69) is 21.4 Å². The van der Waals surface area contributed by atoms with E-state index in [4.69, 9.17) is 11.6 Å². The highest BCUT2D eigenvalue weighted by Gasteiger charge is 2.20. The fourth-order valence-electron chi connectivity index (χ4n) is 1.92. The van der Waals surface area contributed by atoms with E-state index in [1.807, 2.05) is 48.5 Å². The van der Waals surface area contributed by atoms with Gasteiger partial charge in [0, 0.05) is 20.8 Å². The van der Waals surface area contributed by atoms with Crippen molar-refractivity contribution >= 4 is 39.3 Å². The van der Waals surface area contributed by atoms with Crippen LogP contribution in [0.4, 0.5) is 5.69 Å². The summed E-state index contributed by atoms with van der Waals surface area (Å²) in [4.78, 5) is 12.9. The normalized spacial score (nSPS) is 11.9. The van der Waals surface area contributed by atoms with Crippen LogP contribution in [-0.2, 0) is 4.79 Å². The Morgan fingerprint density at radius 3 is 2.62 bits per heavy atom. The molecule has 4 nitrogen and oxygen atoms in total. The summed E-state index contributed by atoms with van der Waals surface area (Å²) >= 11 is 4.96. The fraction of sp³-hybridized carbons (Fsp3) is 0.133. The number of hydrogen-bond acceptors (Lipinski definition) is 4. The number of nitrogens with two attached hydrogens (primary N) is 2. The van der Waals surface area contributed by atoms with Gasteiger partial charge in [-0.3, -0.25) is 10.2 Å². The summed E-state index contributed by atoms with van der Waals surface area (Å²) in [6.07, 6.45) is 0. The molecule has 0 fully saturated rings. The van der Waals surface area contributed by atoms with Gasteiger partial charge in [-0.2, -0.15) is 0 Å². The summed E-state index contributed by atoms with van der Waals surface area (Å²) < 4.78 is 0.957. The van der Waals surface area contributed by atoms with Crippen molar-refractivity contribution in [3.8, 4) is 0 Å². The highest BCUT2D eigenvalue weighted by Crippen LogP contribution is 2.32. The second kappa shape index (κ2) is 7.49. The second-order valence-corrected chi connectivity index (χ2v) is 6.44. The number of nitrogens with one attached hydrogen (secondary N) is 1. The van der Waals surface area contributed by atoms with Gasteiger partial charge in [-0.05, 0) is 23.8 Å². The van der Waals surface area contributed by atoms with Gasteiger partial charge in [-0.15, -0.1) is 11.8 Å². The van der Waals surface area contributed by atoms with Crippen molar-refractivity contribution in [3.05, 3.63) is 58.6 Å². The van der Waals surface area contributed by atoms with E-state index < -0.39 is 0 Å². The minimum Gasteiger partial charge on any atom is -0.398 e. The highest BCUT2D eigenvalue weighted by atomic mass is 79.9. The Labute approximate surface area is 136 Å². The highest BCUT2D eigenvalue weighted by molar-refractivity contribution is 9.10. The standard InChI is InChI=1S/C15H16BrN3OS/c16-11-6-7-13(17)14(8-11)21-9-12(15(20)19-18)10-4-2-1-3-5-10/h1-8,12H,9,17-18H2,(H,19,20). The molecule has 0 aliphatic rings. The number of nitrogen functional groups attached to an aromatic ring is 1. The summed E-state index contributed by atoms with van der Waals surface area (Å²) in [5.74, 6) is 5.33. The molecule has 6 heteroatoms. The smallest absolute Gasteiger partial charge is 0.242 e. The van der Waals surface area contributed by atoms with Crippen molar-refractivity contribution in [1.82, 2.24) is 5.43 Å². The van der Waals surface area contributed by atoms with E-state index in [1.165, 1.54) is 11.8 Å². The van der Waals surface area contributed by atoms with Gasteiger partial charge in [0.05, 0.1) is 5.92 Å². The number of halogens is 1. The molecule has 0 aliphatic heterocycles. The van der Waals surface area contributed by atoms with Crippen molar-refractivity contribution in [1.29, 1.82) is 0 Å². The van der Waals surface area contributed by atoms with Crippen LogP contribution < -0.4 is 17.0 Å². The maximum absolute atomic E-state index is 12.0. The molecular weight excluding hydrogens is 350 g/mol. The molecule has 1 amide bonds. The Balaban J connectivity index is 2.16. The number of benzene rings is 2. The quantitative estimate of drug-likeness (QED) is 0.250. The lowest BCUT2D eigenvalue weighted by molar-refractivity contribution is -0.122. The lowest BCUT2D eigenvalue weighted by atomic mass is 10.0. The molecule has 0 saturated heterocycles. The zero-order valence-corrected chi connectivity index (χ0v) is 13.7. The van der Waals surface area contributed by atoms with Crippen LogP contribution in [0.5, 0.6) is 0 Å². The lowest BCUT2D eigenvalue weighted by Gasteiger charge is -2.16. The third-order valence-electron chi connectivity index (χ3n) is 3.04. The molecule has 2 aromatic carbocycles. The molecule has 1 unspecified atom stereocenters. The van der Waals surface area contributed by atoms with E-state index >= 15 is 0 Å². The monoisotopic (exact) mass is 365 g/mol. The number of hydrazine groups is 1. The Morgan fingerprint density at radius 2 is 1.95 bits per heavy atom. The van der Waals surface area contributed by atoms with Gasteiger partial charge in [0.1, 0.15) is 0 Å². The number of hydrogen-bond donors (Lipinski definition) is 3. The van der Waals surface area contributed by atoms with Gasteiger partial charge in [0.15, 0.2) is 0 Å². The molecule has 0 spiro atoms. The predicted octanol–water partition coefficient (Wildman–Crippen LogP) is 2.90. The SMILES string of the molecule is NNC(=O)C(CSc1cc(Br)ccc1N)c1ccccc1. The number of anilines is 1. The minimum atomic E-state index is -0.320. The van der Waals surface area contributed by atoms with Crippen LogP contribution in [0.2, 0.25) is 0 Å². The van der Waals surface area contributed by atoms with Crippen LogP contribution in [-0.4, -0.2) is 11.7 Å². The largest absolute Gasteiger partial charge is 0.398 e. The van der Waals surface area contributed by atoms with Gasteiger partial charge in [-0.1, -0.05) is 46.3 Å². The van der Waals surface area contributed by atoms with Gasteiger partial charge < -0.3 is 5.73 Å². The molecule has 0 radical (unpaired) electrons. The van der Waals surface area contributed by atoms with Gasteiger partial charge >= 0.3 is 0 Å². The summed E-state index contributed by atoms with van der Waals surface area (Å²) in [6, 6.07) is 15.3. The van der Waals surface area contributed by atoms with E-state index in [-0.39, 0.29) is 11.8 Å². The van der Waals surface area contributed by atoms with Crippen molar-refractivity contribution < 1.29 is 4.79 Å². The zero-order valence-electron chi connectivity index (χ0n) is 11.3. The average Bonchev–Trinajstić information content (AvgIpc) is 2.51. The Bertz CT molecular complexity index is 622. The first kappa shape index (κ1) is 15.9. The third kappa shape index (κ3) is 4.23. The van der Waals surface area contributed by atoms with E-state index in [1.54, 1.807) is 0 Å². The van der Waals surface area contributed by atoms with Crippen molar-refractivity contribution in [3.63, 3.8) is 0 Å². The van der Waals surface area contributed by atoms with Crippen molar-refractivity contribution in [2.45, 2.75) is 10.8 Å². The van der Waals surface area contributed by atoms with Crippen molar-refractivity contribution in [2.24, 2.45) is 5.84 Å². The van der Waals surface area contributed by atoms with Gasteiger partial charge in [-0.25, -0.2) is 5.84 Å². The predicted molar refractivity (Wildman–Crippen MR) is 90.8 cm³/mol. The number of carbonyl (C=O) groups excluding carboxylic acids is 1. The molecule has 0 heterocycles. The Morgan fingerprint density at radius 1 is 1.24 bits per heavy atom. The number of thioether (sulfide) groups is 1. The summed E-state index contributed by atoms with van der Waals surface area (Å²) in [7, 11) is 0. The lowest BCUT2D eigenvalue weighted by Crippen LogP contribution is -2.35. The number of amides is 1. The van der Waals surface area contributed by atoms with Crippen molar-refractivity contribution in [2.75, 3.05) is 11.5 Å². The molecule has 1 atom stereocenters. The molecule has 5 N–H and O–H groups in total. The first-order valence-corrected chi connectivity index (χ1v) is 8.13. The summed E-state index contributed by atoms with van der Waals surface area (Å²) in [6.45, 7) is 0. The first-order valence-electron chi connectivity index (χ1n) is 6.35. The fourth-order valence-corrected chi connectivity index (χ4v) is 3.56. The molecular formula is C15H16BrN3OS. The van der Waals surface area contributed by atoms with Crippen LogP contribution in [0.1, 0.15) is 11.5 Å². The Hall–Kier alpha value is -1.50. The molecule has 0 aliphatic carbocycles. The molecule has 2 aromatic rings. The van der Waals surface area contributed by atoms with Crippen LogP contribution in [0.25, 0.3) is 0 Å². The van der Waals surface area contributed by atoms with Crippen LogP contribution in [0.3, 0.4) is 0 Å². The van der Waals surface area contributed by atoms with E-state index in [0.717, 1.165) is 14.9 Å². The maximum atomic E-state index is 12.0. The van der Waals surface area contributed by atoms with Crippen LogP contribution in [0.15, 0.2) is 57.9 Å². The molecule has 0 bridgehead atoms. The molecule has 110 valence electrons. The van der Waals surface area contributed by atoms with E-state index in [9.17, 15) is 4.79 Å². The van der Waals surface area contributed by atoms with Crippen LogP contribution >= 0.6 is 27.7 Å². The second-order valence-electron chi connectivity index (χ2n) is 4.47. The maximum Gasteiger partial charge on any atom is 0.242 e. The first-order chi connectivity index (χ1) is 10.1. The third-order valence-corrected chi connectivity index (χ3v) is 4.70. The zero-order chi connectivity index (χ0) is 15.2. The molecule has 0 saturated carbocycles. The number of rotatable bonds is 5. The Kier molecular flexibility index (Phi) is 5.67. The van der Waals surface area contributed by atoms with E-state index in [0.29, 0.717) is 11.4 Å². The van der Waals surface area contributed by atoms with Crippen LogP contribution in [0, 0.1) is 0 Å². The minimum absolute atomic E-state index is 0.206. The molecule has 0 aromatic heterocycles. The summed E-state index contributed by atoms with van der Waals surface area (Å²) in [5.41, 5.74) is 9.82. The molecule has 21 heavy (non-hydrogen) atoms. The average molecular weight is 366 g/mol. The van der Waals surface area contributed by atoms with Gasteiger partial charge in [0.2, 0.25) is 5.91 Å². The summed E-state index contributed by atoms with van der Waals surface area (Å²) in [5, 5.41) is 0. The topological polar surface area (TPSA) is 81.1 Å². The number of carbonyl (C=O) groups is 1. The molecule has 2 rings (SSSR count). The van der Waals surface area contributed by atoms with Gasteiger partial charge in [0.25, 0.3) is 0 Å².